The summed E-state index contributed by atoms with van der Waals surface area (Å²) in [7, 11) is 5.18. The highest BCUT2D eigenvalue weighted by Gasteiger charge is 2.08. The molecule has 0 saturated carbocycles. The Morgan fingerprint density at radius 1 is 1.00 bits per heavy atom. The smallest absolute Gasteiger partial charge is 0.253 e. The summed E-state index contributed by atoms with van der Waals surface area (Å²) < 4.78 is 0. The average molecular weight is 509 g/mol. The molecule has 2 aromatic rings. The van der Waals surface area contributed by atoms with Crippen LogP contribution in [0.2, 0.25) is 0 Å². The monoisotopic (exact) mass is 509 g/mol. The molecule has 2 rings (SSSR count). The van der Waals surface area contributed by atoms with E-state index in [-0.39, 0.29) is 29.9 Å². The molecule has 2 aromatic carbocycles. The van der Waals surface area contributed by atoms with E-state index in [4.69, 9.17) is 5.73 Å². The van der Waals surface area contributed by atoms with E-state index < -0.39 is 5.91 Å². The van der Waals surface area contributed by atoms with Gasteiger partial charge in [0.2, 0.25) is 5.91 Å². The minimum Gasteiger partial charge on any atom is -0.366 e. The maximum atomic E-state index is 12.1. The molecular formula is C21H28IN5O2. The summed E-state index contributed by atoms with van der Waals surface area (Å²) in [4.78, 5) is 29.1. The number of hydrogen-bond donors (Lipinski definition) is 3. The van der Waals surface area contributed by atoms with Crippen LogP contribution < -0.4 is 16.4 Å². The van der Waals surface area contributed by atoms with Crippen molar-refractivity contribution < 1.29 is 9.59 Å². The lowest BCUT2D eigenvalue weighted by atomic mass is 10.1. The summed E-state index contributed by atoms with van der Waals surface area (Å²) in [5.74, 6) is 0.204. The molecule has 0 aromatic heterocycles. The summed E-state index contributed by atoms with van der Waals surface area (Å²) >= 11 is 0. The molecule has 4 N–H and O–H groups in total. The number of amides is 2. The van der Waals surface area contributed by atoms with Crippen LogP contribution in [0.25, 0.3) is 0 Å². The summed E-state index contributed by atoms with van der Waals surface area (Å²) in [5.41, 5.74) is 8.49. The molecule has 2 amide bonds. The summed E-state index contributed by atoms with van der Waals surface area (Å²) in [6.07, 6.45) is 0.756. The molecule has 156 valence electrons. The van der Waals surface area contributed by atoms with Crippen LogP contribution in [0.3, 0.4) is 0 Å². The van der Waals surface area contributed by atoms with E-state index in [1.165, 1.54) is 0 Å². The van der Waals surface area contributed by atoms with Crippen molar-refractivity contribution in [3.05, 3.63) is 70.8 Å². The Balaban J connectivity index is 0.00000420. The molecule has 0 aliphatic carbocycles. The fourth-order valence-electron chi connectivity index (χ4n) is 2.68. The van der Waals surface area contributed by atoms with Gasteiger partial charge in [0.1, 0.15) is 0 Å². The average Bonchev–Trinajstić information content (AvgIpc) is 2.70. The zero-order valence-electron chi connectivity index (χ0n) is 16.9. The van der Waals surface area contributed by atoms with Gasteiger partial charge in [-0.1, -0.05) is 24.3 Å². The van der Waals surface area contributed by atoms with Gasteiger partial charge in [0, 0.05) is 45.4 Å². The van der Waals surface area contributed by atoms with Crippen molar-refractivity contribution in [2.24, 2.45) is 10.7 Å². The zero-order chi connectivity index (χ0) is 20.5. The molecule has 7 nitrogen and oxygen atoms in total. The molecule has 8 heteroatoms. The molecule has 0 heterocycles. The van der Waals surface area contributed by atoms with Crippen molar-refractivity contribution >= 4 is 41.8 Å². The first-order valence-electron chi connectivity index (χ1n) is 9.04. The fraction of sp³-hybridized carbons (Fsp3) is 0.286. The lowest BCUT2D eigenvalue weighted by molar-refractivity contribution is 0.0827. The highest BCUT2D eigenvalue weighted by atomic mass is 127. The third kappa shape index (κ3) is 7.72. The number of primary amides is 1. The first-order chi connectivity index (χ1) is 13.4. The number of carbonyl (C=O) groups excluding carboxylic acids is 2. The molecule has 0 aliphatic rings. The van der Waals surface area contributed by atoms with Crippen LogP contribution in [-0.2, 0) is 13.0 Å². The van der Waals surface area contributed by atoms with E-state index in [2.05, 4.69) is 15.6 Å². The molecule has 0 unspecified atom stereocenters. The van der Waals surface area contributed by atoms with E-state index in [0.29, 0.717) is 30.2 Å². The van der Waals surface area contributed by atoms with Crippen molar-refractivity contribution in [3.8, 4) is 0 Å². The normalized spacial score (nSPS) is 10.7. The first kappa shape index (κ1) is 24.4. The van der Waals surface area contributed by atoms with Crippen LogP contribution in [0.4, 0.5) is 0 Å². The van der Waals surface area contributed by atoms with Gasteiger partial charge in [-0.05, 0) is 41.8 Å². The molecule has 0 saturated heterocycles. The summed E-state index contributed by atoms with van der Waals surface area (Å²) in [5, 5.41) is 6.46. The Morgan fingerprint density at radius 2 is 1.62 bits per heavy atom. The highest BCUT2D eigenvalue weighted by molar-refractivity contribution is 14.0. The lowest BCUT2D eigenvalue weighted by Gasteiger charge is -2.13. The largest absolute Gasteiger partial charge is 0.366 e. The number of halogens is 1. The van der Waals surface area contributed by atoms with Crippen LogP contribution >= 0.6 is 24.0 Å². The van der Waals surface area contributed by atoms with Gasteiger partial charge in [-0.2, -0.15) is 0 Å². The molecule has 29 heavy (non-hydrogen) atoms. The Kier molecular flexibility index (Phi) is 10.1. The van der Waals surface area contributed by atoms with Crippen molar-refractivity contribution in [2.75, 3.05) is 27.7 Å². The molecule has 0 aliphatic heterocycles. The number of nitrogens with two attached hydrogens (primary N) is 1. The maximum absolute atomic E-state index is 12.1. The Morgan fingerprint density at radius 3 is 2.24 bits per heavy atom. The van der Waals surface area contributed by atoms with Gasteiger partial charge >= 0.3 is 0 Å². The SMILES string of the molecule is CN=C(NCCc1cccc(C(=O)N(C)C)c1)NCc1cccc(C(N)=O)c1.I. The number of benzene rings is 2. The van der Waals surface area contributed by atoms with Crippen LogP contribution in [0.1, 0.15) is 31.8 Å². The number of rotatable bonds is 7. The van der Waals surface area contributed by atoms with Crippen molar-refractivity contribution in [2.45, 2.75) is 13.0 Å². The van der Waals surface area contributed by atoms with E-state index in [1.807, 2.05) is 30.3 Å². The van der Waals surface area contributed by atoms with Crippen molar-refractivity contribution in [3.63, 3.8) is 0 Å². The number of hydrogen-bond acceptors (Lipinski definition) is 3. The topological polar surface area (TPSA) is 99.8 Å². The number of nitrogens with zero attached hydrogens (tertiary/aromatic N) is 2. The van der Waals surface area contributed by atoms with Gasteiger partial charge in [0.05, 0.1) is 0 Å². The fourth-order valence-corrected chi connectivity index (χ4v) is 2.68. The third-order valence-corrected chi connectivity index (χ3v) is 4.18. The summed E-state index contributed by atoms with van der Waals surface area (Å²) in [6.45, 7) is 1.19. The summed E-state index contributed by atoms with van der Waals surface area (Å²) in [6, 6.07) is 14.8. The van der Waals surface area contributed by atoms with Gasteiger partial charge in [-0.3, -0.25) is 14.6 Å². The lowest BCUT2D eigenvalue weighted by Crippen LogP contribution is -2.37. The van der Waals surface area contributed by atoms with Crippen LogP contribution in [-0.4, -0.2) is 50.4 Å². The minimum atomic E-state index is -0.445. The molecular weight excluding hydrogens is 481 g/mol. The van der Waals surface area contributed by atoms with Crippen LogP contribution in [0.5, 0.6) is 0 Å². The third-order valence-electron chi connectivity index (χ3n) is 4.18. The molecule has 0 spiro atoms. The minimum absolute atomic E-state index is 0. The Hall–Kier alpha value is -2.62. The second-order valence-electron chi connectivity index (χ2n) is 6.57. The number of nitrogens with one attached hydrogen (secondary N) is 2. The Labute approximate surface area is 188 Å². The number of aliphatic imine (C=N–C) groups is 1. The quantitative estimate of drug-likeness (QED) is 0.302. The van der Waals surface area contributed by atoms with Crippen molar-refractivity contribution in [1.82, 2.24) is 15.5 Å². The Bertz CT molecular complexity index is 868. The van der Waals surface area contributed by atoms with Gasteiger partial charge in [0.15, 0.2) is 5.96 Å². The second-order valence-corrected chi connectivity index (χ2v) is 6.57. The second kappa shape index (κ2) is 12.1. The molecule has 0 bridgehead atoms. The van der Waals surface area contributed by atoms with E-state index >= 15 is 0 Å². The molecule has 0 fully saturated rings. The zero-order valence-corrected chi connectivity index (χ0v) is 19.3. The van der Waals surface area contributed by atoms with Crippen molar-refractivity contribution in [1.29, 1.82) is 0 Å². The first-order valence-corrected chi connectivity index (χ1v) is 9.04. The van der Waals surface area contributed by atoms with Gasteiger partial charge in [-0.25, -0.2) is 0 Å². The van der Waals surface area contributed by atoms with Gasteiger partial charge < -0.3 is 21.3 Å². The predicted octanol–water partition coefficient (Wildman–Crippen LogP) is 2.01. The van der Waals surface area contributed by atoms with E-state index in [1.54, 1.807) is 44.2 Å². The van der Waals surface area contributed by atoms with E-state index in [9.17, 15) is 9.59 Å². The number of carbonyl (C=O) groups is 2. The van der Waals surface area contributed by atoms with Crippen LogP contribution in [0.15, 0.2) is 53.5 Å². The van der Waals surface area contributed by atoms with Gasteiger partial charge in [-0.15, -0.1) is 24.0 Å². The predicted molar refractivity (Wildman–Crippen MR) is 127 cm³/mol. The standard InChI is InChI=1S/C21H27N5O2.HI/c1-23-21(25-14-16-7-5-8-17(13-16)19(22)27)24-11-10-15-6-4-9-18(12-15)20(28)26(2)3;/h4-9,12-13H,10-11,14H2,1-3H3,(H2,22,27)(H2,23,24,25);1H. The molecule has 0 radical (unpaired) electrons. The van der Waals surface area contributed by atoms with Gasteiger partial charge in [0.25, 0.3) is 5.91 Å². The van der Waals surface area contributed by atoms with Crippen LogP contribution in [0, 0.1) is 0 Å². The van der Waals surface area contributed by atoms with E-state index in [0.717, 1.165) is 17.5 Å². The highest BCUT2D eigenvalue weighted by Crippen LogP contribution is 2.08. The molecule has 0 atom stereocenters. The number of guanidine groups is 1. The maximum Gasteiger partial charge on any atom is 0.253 e.